The normalized spacial score (nSPS) is 25.6. The standard InChI is InChI=1S/C20H23N5O4/c1-18(2)19(9-27-10-19)20(11-28-17(21)24-20)14-6-13(4-5-15(14)29-18)23-16(26)12-7-22-25(3)8-12/h4-8H,9-11H2,1-3H3,(H2,21,24)(H,23,26). The fourth-order valence-corrected chi connectivity index (χ4v) is 4.60. The molecule has 9 nitrogen and oxygen atoms in total. The predicted octanol–water partition coefficient (Wildman–Crippen LogP) is 1.40. The zero-order valence-electron chi connectivity index (χ0n) is 16.6. The number of benzene rings is 1. The second-order valence-electron chi connectivity index (χ2n) is 8.35. The number of fused-ring (bicyclic) bond motifs is 3. The van der Waals surface area contributed by atoms with Crippen LogP contribution in [0.3, 0.4) is 0 Å². The molecule has 152 valence electrons. The van der Waals surface area contributed by atoms with E-state index in [1.807, 2.05) is 32.0 Å². The molecule has 3 aliphatic heterocycles. The average molecular weight is 397 g/mol. The summed E-state index contributed by atoms with van der Waals surface area (Å²) in [6.07, 6.45) is 3.19. The summed E-state index contributed by atoms with van der Waals surface area (Å²) in [4.78, 5) is 17.3. The Labute approximate surface area is 167 Å². The molecule has 0 saturated carbocycles. The number of hydrogen-bond acceptors (Lipinski definition) is 7. The van der Waals surface area contributed by atoms with Gasteiger partial charge in [-0.15, -0.1) is 0 Å². The van der Waals surface area contributed by atoms with E-state index in [-0.39, 0.29) is 11.9 Å². The summed E-state index contributed by atoms with van der Waals surface area (Å²) in [5, 5.41) is 6.97. The highest BCUT2D eigenvalue weighted by Crippen LogP contribution is 2.62. The van der Waals surface area contributed by atoms with Crippen LogP contribution in [0.5, 0.6) is 5.75 Å². The first kappa shape index (κ1) is 18.0. The summed E-state index contributed by atoms with van der Waals surface area (Å²) < 4.78 is 19.2. The zero-order valence-corrected chi connectivity index (χ0v) is 16.6. The van der Waals surface area contributed by atoms with E-state index in [0.29, 0.717) is 36.8 Å². The molecule has 1 amide bonds. The lowest BCUT2D eigenvalue weighted by Gasteiger charge is -2.61. The van der Waals surface area contributed by atoms with Crippen molar-refractivity contribution in [1.82, 2.24) is 9.78 Å². The minimum Gasteiger partial charge on any atom is -0.487 e. The van der Waals surface area contributed by atoms with E-state index in [9.17, 15) is 4.79 Å². The summed E-state index contributed by atoms with van der Waals surface area (Å²) >= 11 is 0. The van der Waals surface area contributed by atoms with Crippen LogP contribution in [-0.2, 0) is 22.1 Å². The zero-order chi connectivity index (χ0) is 20.4. The van der Waals surface area contributed by atoms with Crippen LogP contribution in [0.25, 0.3) is 0 Å². The summed E-state index contributed by atoms with van der Waals surface area (Å²) in [5.74, 6) is 0.463. The molecule has 3 aliphatic rings. The van der Waals surface area contributed by atoms with Crippen LogP contribution in [0.4, 0.5) is 5.69 Å². The highest BCUT2D eigenvalue weighted by Gasteiger charge is 2.71. The monoisotopic (exact) mass is 397 g/mol. The van der Waals surface area contributed by atoms with Crippen molar-refractivity contribution in [3.63, 3.8) is 0 Å². The Hall–Kier alpha value is -3.07. The first-order chi connectivity index (χ1) is 13.8. The van der Waals surface area contributed by atoms with Crippen LogP contribution >= 0.6 is 0 Å². The van der Waals surface area contributed by atoms with Crippen molar-refractivity contribution in [2.75, 3.05) is 25.1 Å². The minimum absolute atomic E-state index is 0.157. The fourth-order valence-electron chi connectivity index (χ4n) is 4.60. The van der Waals surface area contributed by atoms with Gasteiger partial charge in [-0.05, 0) is 32.0 Å². The van der Waals surface area contributed by atoms with E-state index in [2.05, 4.69) is 10.4 Å². The molecule has 9 heteroatoms. The molecule has 0 bridgehead atoms. The lowest BCUT2D eigenvalue weighted by Crippen LogP contribution is -2.71. The van der Waals surface area contributed by atoms with Gasteiger partial charge in [-0.2, -0.15) is 5.10 Å². The van der Waals surface area contributed by atoms with Gasteiger partial charge in [0.1, 0.15) is 23.5 Å². The summed E-state index contributed by atoms with van der Waals surface area (Å²) in [5.41, 5.74) is 6.22. The summed E-state index contributed by atoms with van der Waals surface area (Å²) in [6.45, 7) is 5.38. The van der Waals surface area contributed by atoms with E-state index >= 15 is 0 Å². The van der Waals surface area contributed by atoms with Gasteiger partial charge in [-0.1, -0.05) is 0 Å². The Morgan fingerprint density at radius 2 is 2.07 bits per heavy atom. The number of carbonyl (C=O) groups excluding carboxylic acids is 1. The van der Waals surface area contributed by atoms with Gasteiger partial charge in [0.2, 0.25) is 0 Å². The van der Waals surface area contributed by atoms with Gasteiger partial charge in [0, 0.05) is 24.5 Å². The number of aryl methyl sites for hydroxylation is 1. The van der Waals surface area contributed by atoms with E-state index in [1.54, 1.807) is 17.9 Å². The molecule has 1 fully saturated rings. The number of amidine groups is 1. The predicted molar refractivity (Wildman–Crippen MR) is 105 cm³/mol. The first-order valence-corrected chi connectivity index (χ1v) is 9.46. The van der Waals surface area contributed by atoms with Crippen molar-refractivity contribution >= 4 is 17.6 Å². The molecule has 5 rings (SSSR count). The smallest absolute Gasteiger partial charge is 0.283 e. The van der Waals surface area contributed by atoms with Gasteiger partial charge < -0.3 is 25.3 Å². The van der Waals surface area contributed by atoms with Gasteiger partial charge in [0.05, 0.1) is 30.4 Å². The Morgan fingerprint density at radius 3 is 2.66 bits per heavy atom. The second kappa shape index (κ2) is 5.73. The van der Waals surface area contributed by atoms with Gasteiger partial charge in [-0.25, -0.2) is 4.99 Å². The average Bonchev–Trinajstić information content (AvgIpc) is 3.21. The Balaban J connectivity index is 1.58. The number of amides is 1. The van der Waals surface area contributed by atoms with E-state index < -0.39 is 16.6 Å². The summed E-state index contributed by atoms with van der Waals surface area (Å²) in [7, 11) is 1.77. The number of anilines is 1. The molecule has 2 aromatic rings. The first-order valence-electron chi connectivity index (χ1n) is 9.46. The number of rotatable bonds is 2. The summed E-state index contributed by atoms with van der Waals surface area (Å²) in [6, 6.07) is 5.72. The largest absolute Gasteiger partial charge is 0.487 e. The molecule has 0 radical (unpaired) electrons. The highest BCUT2D eigenvalue weighted by atomic mass is 16.5. The molecule has 1 atom stereocenters. The number of aliphatic imine (C=N–C) groups is 1. The Morgan fingerprint density at radius 1 is 1.28 bits per heavy atom. The third-order valence-electron chi connectivity index (χ3n) is 6.39. The van der Waals surface area contributed by atoms with Gasteiger partial charge in [-0.3, -0.25) is 9.48 Å². The molecule has 1 aromatic carbocycles. The van der Waals surface area contributed by atoms with Crippen LogP contribution in [-0.4, -0.2) is 47.1 Å². The van der Waals surface area contributed by atoms with Crippen LogP contribution < -0.4 is 15.8 Å². The minimum atomic E-state index is -0.735. The van der Waals surface area contributed by atoms with Crippen LogP contribution in [0, 0.1) is 5.41 Å². The third-order valence-corrected chi connectivity index (χ3v) is 6.39. The van der Waals surface area contributed by atoms with Crippen LogP contribution in [0.1, 0.15) is 29.8 Å². The molecule has 29 heavy (non-hydrogen) atoms. The number of nitrogens with one attached hydrogen (secondary N) is 1. The molecular weight excluding hydrogens is 374 g/mol. The molecule has 4 heterocycles. The van der Waals surface area contributed by atoms with Crippen LogP contribution in [0.2, 0.25) is 0 Å². The number of nitrogens with two attached hydrogens (primary N) is 1. The maximum Gasteiger partial charge on any atom is 0.283 e. The fraction of sp³-hybridized carbons (Fsp3) is 0.450. The molecule has 1 unspecified atom stereocenters. The molecular formula is C20H23N5O4. The number of ether oxygens (including phenoxy) is 3. The lowest BCUT2D eigenvalue weighted by molar-refractivity contribution is -0.247. The quantitative estimate of drug-likeness (QED) is 0.792. The number of aromatic nitrogens is 2. The topological polar surface area (TPSA) is 113 Å². The van der Waals surface area contributed by atoms with E-state index in [0.717, 1.165) is 5.56 Å². The van der Waals surface area contributed by atoms with Crippen molar-refractivity contribution in [3.8, 4) is 5.75 Å². The maximum atomic E-state index is 12.6. The van der Waals surface area contributed by atoms with Gasteiger partial charge in [0.15, 0.2) is 0 Å². The van der Waals surface area contributed by atoms with Crippen molar-refractivity contribution in [3.05, 3.63) is 41.7 Å². The number of carbonyl (C=O) groups is 1. The molecule has 0 aliphatic carbocycles. The lowest BCUT2D eigenvalue weighted by atomic mass is 9.55. The Bertz CT molecular complexity index is 1040. The number of nitrogens with zero attached hydrogens (tertiary/aromatic N) is 3. The van der Waals surface area contributed by atoms with E-state index in [4.69, 9.17) is 24.9 Å². The SMILES string of the molecule is Cn1cc(C(=O)Nc2ccc3c(c2)C2(COC(N)=N2)C2(COC2)C(C)(C)O3)cn1. The second-order valence-corrected chi connectivity index (χ2v) is 8.35. The van der Waals surface area contributed by atoms with Gasteiger partial charge in [0.25, 0.3) is 11.9 Å². The van der Waals surface area contributed by atoms with Crippen molar-refractivity contribution in [2.45, 2.75) is 25.0 Å². The molecule has 1 aromatic heterocycles. The molecule has 2 spiro atoms. The highest BCUT2D eigenvalue weighted by molar-refractivity contribution is 6.04. The molecule has 1 saturated heterocycles. The van der Waals surface area contributed by atoms with Crippen LogP contribution in [0.15, 0.2) is 35.6 Å². The van der Waals surface area contributed by atoms with Crippen molar-refractivity contribution in [2.24, 2.45) is 23.2 Å². The van der Waals surface area contributed by atoms with Crippen molar-refractivity contribution < 1.29 is 19.0 Å². The van der Waals surface area contributed by atoms with Gasteiger partial charge >= 0.3 is 0 Å². The Kier molecular flexibility index (Phi) is 3.55. The van der Waals surface area contributed by atoms with E-state index in [1.165, 1.54) is 6.20 Å². The molecule has 3 N–H and O–H groups in total. The third kappa shape index (κ3) is 2.33. The van der Waals surface area contributed by atoms with Crippen molar-refractivity contribution in [1.29, 1.82) is 0 Å². The number of hydrogen-bond donors (Lipinski definition) is 2. The maximum absolute atomic E-state index is 12.6.